The summed E-state index contributed by atoms with van der Waals surface area (Å²) in [5.74, 6) is 0.307. The Morgan fingerprint density at radius 1 is 1.30 bits per heavy atom. The highest BCUT2D eigenvalue weighted by Gasteiger charge is 2.40. The molecular weight excluding hydrogens is 358 g/mol. The zero-order valence-electron chi connectivity index (χ0n) is 16.9. The van der Waals surface area contributed by atoms with E-state index >= 15 is 0 Å². The lowest BCUT2D eigenvalue weighted by Gasteiger charge is -2.37. The van der Waals surface area contributed by atoms with Gasteiger partial charge in [0.25, 0.3) is 0 Å². The Balaban J connectivity index is 1.71. The Bertz CT molecular complexity index is 706. The number of hydrogen-bond acceptors (Lipinski definition) is 5. The lowest BCUT2D eigenvalue weighted by molar-refractivity contribution is -0.117. The van der Waals surface area contributed by atoms with Crippen molar-refractivity contribution in [3.05, 3.63) is 46.4 Å². The zero-order chi connectivity index (χ0) is 19.7. The normalized spacial score (nSPS) is 32.3. The van der Waals surface area contributed by atoms with Crippen molar-refractivity contribution in [3.8, 4) is 0 Å². The maximum atomic E-state index is 13.0. The van der Waals surface area contributed by atoms with E-state index < -0.39 is 6.10 Å². The van der Waals surface area contributed by atoms with Gasteiger partial charge < -0.3 is 14.7 Å². The van der Waals surface area contributed by atoms with Gasteiger partial charge in [-0.25, -0.2) is 0 Å². The second kappa shape index (κ2) is 8.48. The number of Topliss-reactive ketones (excluding diaryl/α,β-unsaturated/α-hetero) is 1. The van der Waals surface area contributed by atoms with Gasteiger partial charge in [0.2, 0.25) is 0 Å². The topological polar surface area (TPSA) is 49.8 Å². The number of thioether (sulfide) groups is 1. The molecule has 2 aliphatic carbocycles. The number of rotatable bonds is 6. The summed E-state index contributed by atoms with van der Waals surface area (Å²) in [7, 11) is 4.02. The summed E-state index contributed by atoms with van der Waals surface area (Å²) in [4.78, 5) is 16.3. The number of ketones is 1. The number of aliphatic hydroxyl groups excluding tert-OH is 1. The highest BCUT2D eigenvalue weighted by atomic mass is 32.2. The molecule has 0 saturated carbocycles. The van der Waals surface area contributed by atoms with Crippen molar-refractivity contribution in [2.24, 2.45) is 11.8 Å². The Labute approximate surface area is 167 Å². The van der Waals surface area contributed by atoms with E-state index in [0.717, 1.165) is 10.5 Å². The van der Waals surface area contributed by atoms with Crippen LogP contribution in [0.4, 0.5) is 0 Å². The first-order valence-corrected chi connectivity index (χ1v) is 10.6. The van der Waals surface area contributed by atoms with E-state index in [1.165, 1.54) is 5.57 Å². The van der Waals surface area contributed by atoms with Gasteiger partial charge in [-0.1, -0.05) is 36.8 Å². The first kappa shape index (κ1) is 20.6. The predicted octanol–water partition coefficient (Wildman–Crippen LogP) is 3.35. The van der Waals surface area contributed by atoms with E-state index in [1.807, 2.05) is 38.4 Å². The highest BCUT2D eigenvalue weighted by molar-refractivity contribution is 8.04. The first-order valence-electron chi connectivity index (χ1n) is 9.74. The molecule has 1 N–H and O–H groups in total. The van der Waals surface area contributed by atoms with Gasteiger partial charge in [-0.15, -0.1) is 11.8 Å². The second-order valence-corrected chi connectivity index (χ2v) is 9.31. The largest absolute Gasteiger partial charge is 0.391 e. The first-order chi connectivity index (χ1) is 12.8. The van der Waals surface area contributed by atoms with E-state index in [-0.39, 0.29) is 35.6 Å². The molecule has 5 heteroatoms. The molecule has 6 atom stereocenters. The van der Waals surface area contributed by atoms with Crippen molar-refractivity contribution in [2.45, 2.75) is 50.7 Å². The molecule has 27 heavy (non-hydrogen) atoms. The Morgan fingerprint density at radius 2 is 2.00 bits per heavy atom. The molecule has 3 rings (SSSR count). The minimum absolute atomic E-state index is 0.0802. The number of ether oxygens (including phenoxy) is 1. The molecule has 1 saturated heterocycles. The van der Waals surface area contributed by atoms with Crippen LogP contribution in [-0.4, -0.2) is 60.0 Å². The van der Waals surface area contributed by atoms with Crippen molar-refractivity contribution in [2.75, 3.05) is 20.7 Å². The number of fused-ring (bicyclic) bond motifs is 2. The van der Waals surface area contributed by atoms with Gasteiger partial charge >= 0.3 is 0 Å². The number of carbonyl (C=O) groups excluding carboxylic acids is 1. The third-order valence-corrected chi connectivity index (χ3v) is 7.49. The Hall–Kier alpha value is -1.14. The van der Waals surface area contributed by atoms with Crippen LogP contribution >= 0.6 is 11.8 Å². The monoisotopic (exact) mass is 389 g/mol. The summed E-state index contributed by atoms with van der Waals surface area (Å²) in [5.41, 5.74) is 2.02. The molecule has 1 aliphatic heterocycles. The molecule has 0 aromatic heterocycles. The minimum Gasteiger partial charge on any atom is -0.391 e. The van der Waals surface area contributed by atoms with Crippen LogP contribution in [0.5, 0.6) is 0 Å². The van der Waals surface area contributed by atoms with Crippen molar-refractivity contribution in [1.82, 2.24) is 4.90 Å². The van der Waals surface area contributed by atoms with Gasteiger partial charge in [0, 0.05) is 27.7 Å². The van der Waals surface area contributed by atoms with E-state index in [1.54, 1.807) is 11.8 Å². The van der Waals surface area contributed by atoms with Gasteiger partial charge in [-0.2, -0.15) is 0 Å². The minimum atomic E-state index is -0.508. The van der Waals surface area contributed by atoms with Crippen LogP contribution in [-0.2, 0) is 9.53 Å². The lowest BCUT2D eigenvalue weighted by atomic mass is 9.82. The van der Waals surface area contributed by atoms with Gasteiger partial charge in [0.05, 0.1) is 24.7 Å². The Morgan fingerprint density at radius 3 is 2.70 bits per heavy atom. The third-order valence-electron chi connectivity index (χ3n) is 5.99. The molecule has 0 amide bonds. The van der Waals surface area contributed by atoms with Gasteiger partial charge in [-0.3, -0.25) is 4.79 Å². The summed E-state index contributed by atoms with van der Waals surface area (Å²) in [6.07, 6.45) is 10.1. The summed E-state index contributed by atoms with van der Waals surface area (Å²) < 4.78 is 6.07. The molecule has 0 aromatic carbocycles. The maximum Gasteiger partial charge on any atom is 0.172 e. The number of aliphatic hydroxyl groups is 1. The van der Waals surface area contributed by atoms with Crippen molar-refractivity contribution in [3.63, 3.8) is 0 Å². The smallest absolute Gasteiger partial charge is 0.172 e. The molecule has 1 fully saturated rings. The van der Waals surface area contributed by atoms with Crippen LogP contribution in [0, 0.1) is 11.8 Å². The molecule has 1 heterocycles. The number of hydrogen-bond donors (Lipinski definition) is 1. The van der Waals surface area contributed by atoms with Crippen molar-refractivity contribution >= 4 is 17.5 Å². The summed E-state index contributed by atoms with van der Waals surface area (Å²) >= 11 is 1.79. The van der Waals surface area contributed by atoms with E-state index in [2.05, 4.69) is 31.7 Å². The second-order valence-electron chi connectivity index (χ2n) is 8.12. The molecule has 3 aliphatic rings. The fourth-order valence-corrected chi connectivity index (χ4v) is 5.21. The van der Waals surface area contributed by atoms with Crippen molar-refractivity contribution < 1.29 is 14.6 Å². The number of allylic oxidation sites excluding steroid dienone is 4. The van der Waals surface area contributed by atoms with Crippen LogP contribution in [0.1, 0.15) is 27.2 Å². The lowest BCUT2D eigenvalue weighted by Crippen LogP contribution is -2.37. The fraction of sp³-hybridized carbons (Fsp3) is 0.591. The van der Waals surface area contributed by atoms with Crippen molar-refractivity contribution in [1.29, 1.82) is 0 Å². The van der Waals surface area contributed by atoms with Crippen LogP contribution in [0.2, 0.25) is 0 Å². The fourth-order valence-electron chi connectivity index (χ4n) is 3.74. The molecule has 0 bridgehead atoms. The predicted molar refractivity (Wildman–Crippen MR) is 112 cm³/mol. The SMILES string of the molecule is CC1=C2SC3C=CC=CC3C(=O)C2=CC(OCC(O)CC(C)N(C)C)C1C. The molecule has 0 spiro atoms. The molecular formula is C22H31NO3S. The van der Waals surface area contributed by atoms with Crippen LogP contribution in [0.15, 0.2) is 46.4 Å². The van der Waals surface area contributed by atoms with Gasteiger partial charge in [-0.05, 0) is 40.4 Å². The average molecular weight is 390 g/mol. The van der Waals surface area contributed by atoms with E-state index in [4.69, 9.17) is 4.74 Å². The average Bonchev–Trinajstić information content (AvgIpc) is 2.64. The van der Waals surface area contributed by atoms with Gasteiger partial charge in [0.1, 0.15) is 0 Å². The summed E-state index contributed by atoms with van der Waals surface area (Å²) in [6, 6.07) is 0.290. The number of carbonyl (C=O) groups is 1. The molecule has 0 radical (unpaired) electrons. The maximum absolute atomic E-state index is 13.0. The Kier molecular flexibility index (Phi) is 6.46. The molecule has 148 valence electrons. The standard InChI is InChI=1S/C22H31NO3S/c1-13(23(4)5)10-16(24)12-26-19-11-18-21(25)17-8-6-7-9-20(17)27-22(18)15(3)14(19)2/h6-9,11,13-14,16-17,19-20,24H,10,12H2,1-5H3. The van der Waals surface area contributed by atoms with E-state index in [0.29, 0.717) is 12.5 Å². The molecule has 6 unspecified atom stereocenters. The van der Waals surface area contributed by atoms with Crippen LogP contribution < -0.4 is 0 Å². The molecule has 4 nitrogen and oxygen atoms in total. The van der Waals surface area contributed by atoms with Gasteiger partial charge in [0.15, 0.2) is 5.78 Å². The highest BCUT2D eigenvalue weighted by Crippen LogP contribution is 2.48. The summed E-state index contributed by atoms with van der Waals surface area (Å²) in [6.45, 7) is 6.63. The zero-order valence-corrected chi connectivity index (χ0v) is 17.7. The third kappa shape index (κ3) is 4.32. The van der Waals surface area contributed by atoms with Crippen LogP contribution in [0.3, 0.4) is 0 Å². The number of nitrogens with zero attached hydrogens (tertiary/aromatic N) is 1. The van der Waals surface area contributed by atoms with Crippen LogP contribution in [0.25, 0.3) is 0 Å². The molecule has 0 aromatic rings. The van der Waals surface area contributed by atoms with E-state index in [9.17, 15) is 9.90 Å². The quantitative estimate of drug-likeness (QED) is 0.755. The summed E-state index contributed by atoms with van der Waals surface area (Å²) in [5, 5.41) is 10.5.